The lowest BCUT2D eigenvalue weighted by atomic mass is 10.1. The Bertz CT molecular complexity index is 352. The van der Waals surface area contributed by atoms with Gasteiger partial charge in [0, 0.05) is 0 Å². The van der Waals surface area contributed by atoms with Crippen molar-refractivity contribution in [1.82, 2.24) is 5.43 Å². The molecule has 1 aromatic carbocycles. The molecule has 0 spiro atoms. The maximum absolute atomic E-state index is 5.32. The average molecular weight is 217 g/mol. The van der Waals surface area contributed by atoms with Crippen LogP contribution in [-0.2, 0) is 6.42 Å². The van der Waals surface area contributed by atoms with E-state index in [1.54, 1.807) is 6.21 Å². The summed E-state index contributed by atoms with van der Waals surface area (Å²) in [5, 5.41) is 3.93. The van der Waals surface area contributed by atoms with Gasteiger partial charge in [0.1, 0.15) is 5.82 Å². The van der Waals surface area contributed by atoms with Gasteiger partial charge in [0.05, 0.1) is 6.21 Å². The first-order chi connectivity index (χ1) is 7.72. The third-order valence-electron chi connectivity index (χ3n) is 2.22. The van der Waals surface area contributed by atoms with Gasteiger partial charge in [-0.1, -0.05) is 44.2 Å². The van der Waals surface area contributed by atoms with Gasteiger partial charge in [-0.3, -0.25) is 5.43 Å². The highest BCUT2D eigenvalue weighted by atomic mass is 15.3. The van der Waals surface area contributed by atoms with Gasteiger partial charge < -0.3 is 5.73 Å². The summed E-state index contributed by atoms with van der Waals surface area (Å²) >= 11 is 0. The molecule has 0 aliphatic carbocycles. The van der Waals surface area contributed by atoms with Crippen molar-refractivity contribution in [2.24, 2.45) is 10.8 Å². The molecular formula is C13H19N3. The SMILES string of the molecule is C=C(N)N/N=C/c1ccc(CCCC)cc1. The van der Waals surface area contributed by atoms with Gasteiger partial charge in [-0.05, 0) is 24.0 Å². The summed E-state index contributed by atoms with van der Waals surface area (Å²) in [7, 11) is 0. The molecule has 0 saturated heterocycles. The second kappa shape index (κ2) is 6.67. The summed E-state index contributed by atoms with van der Waals surface area (Å²) in [5.41, 5.74) is 10.3. The molecule has 86 valence electrons. The molecule has 0 aliphatic rings. The number of aryl methyl sites for hydroxylation is 1. The zero-order valence-corrected chi connectivity index (χ0v) is 9.74. The number of hydrazone groups is 1. The normalized spacial score (nSPS) is 10.6. The Morgan fingerprint density at radius 2 is 2.12 bits per heavy atom. The van der Waals surface area contributed by atoms with Crippen molar-refractivity contribution in [3.63, 3.8) is 0 Å². The molecule has 0 amide bonds. The number of rotatable bonds is 6. The van der Waals surface area contributed by atoms with Crippen LogP contribution in [-0.4, -0.2) is 6.21 Å². The minimum Gasteiger partial charge on any atom is -0.385 e. The highest BCUT2D eigenvalue weighted by molar-refractivity contribution is 5.79. The predicted molar refractivity (Wildman–Crippen MR) is 69.1 cm³/mol. The van der Waals surface area contributed by atoms with Crippen LogP contribution in [0, 0.1) is 0 Å². The third-order valence-corrected chi connectivity index (χ3v) is 2.22. The van der Waals surface area contributed by atoms with Gasteiger partial charge in [-0.2, -0.15) is 5.10 Å². The van der Waals surface area contributed by atoms with E-state index >= 15 is 0 Å². The molecule has 0 fully saturated rings. The number of nitrogens with one attached hydrogen (secondary N) is 1. The lowest BCUT2D eigenvalue weighted by Crippen LogP contribution is -2.12. The van der Waals surface area contributed by atoms with Crippen LogP contribution in [0.4, 0.5) is 0 Å². The van der Waals surface area contributed by atoms with Crippen molar-refractivity contribution in [2.45, 2.75) is 26.2 Å². The first-order valence-corrected chi connectivity index (χ1v) is 5.54. The monoisotopic (exact) mass is 217 g/mol. The quantitative estimate of drug-likeness (QED) is 0.568. The summed E-state index contributed by atoms with van der Waals surface area (Å²) in [6.45, 7) is 5.69. The van der Waals surface area contributed by atoms with Crippen LogP contribution in [0.1, 0.15) is 30.9 Å². The number of nitrogens with zero attached hydrogens (tertiary/aromatic N) is 1. The Kier molecular flexibility index (Phi) is 5.12. The maximum atomic E-state index is 5.32. The lowest BCUT2D eigenvalue weighted by Gasteiger charge is -2.00. The van der Waals surface area contributed by atoms with Crippen molar-refractivity contribution in [2.75, 3.05) is 0 Å². The molecule has 0 aromatic heterocycles. The van der Waals surface area contributed by atoms with E-state index in [4.69, 9.17) is 5.73 Å². The van der Waals surface area contributed by atoms with E-state index in [1.165, 1.54) is 18.4 Å². The Labute approximate surface area is 97.1 Å². The zero-order valence-electron chi connectivity index (χ0n) is 9.74. The van der Waals surface area contributed by atoms with Crippen molar-refractivity contribution >= 4 is 6.21 Å². The van der Waals surface area contributed by atoms with Crippen molar-refractivity contribution < 1.29 is 0 Å². The molecule has 0 aliphatic heterocycles. The Hall–Kier alpha value is -1.77. The topological polar surface area (TPSA) is 50.4 Å². The number of hydrogen-bond acceptors (Lipinski definition) is 3. The summed E-state index contributed by atoms with van der Waals surface area (Å²) in [5.74, 6) is 0.343. The van der Waals surface area contributed by atoms with Crippen molar-refractivity contribution in [3.8, 4) is 0 Å². The van der Waals surface area contributed by atoms with Crippen molar-refractivity contribution in [1.29, 1.82) is 0 Å². The van der Waals surface area contributed by atoms with E-state index < -0.39 is 0 Å². The van der Waals surface area contributed by atoms with E-state index in [0.29, 0.717) is 5.82 Å². The Morgan fingerprint density at radius 3 is 2.69 bits per heavy atom. The van der Waals surface area contributed by atoms with E-state index in [0.717, 1.165) is 12.0 Å². The van der Waals surface area contributed by atoms with Crippen molar-refractivity contribution in [3.05, 3.63) is 47.8 Å². The van der Waals surface area contributed by atoms with Crippen LogP contribution >= 0.6 is 0 Å². The maximum Gasteiger partial charge on any atom is 0.109 e. The fourth-order valence-electron chi connectivity index (χ4n) is 1.34. The van der Waals surface area contributed by atoms with E-state index in [9.17, 15) is 0 Å². The van der Waals surface area contributed by atoms with E-state index in [-0.39, 0.29) is 0 Å². The number of hydrogen-bond donors (Lipinski definition) is 2. The molecule has 3 nitrogen and oxygen atoms in total. The van der Waals surface area contributed by atoms with E-state index in [2.05, 4.69) is 48.3 Å². The van der Waals surface area contributed by atoms with Crippen LogP contribution < -0.4 is 11.2 Å². The molecule has 0 atom stereocenters. The third kappa shape index (κ3) is 4.64. The first kappa shape index (κ1) is 12.3. The van der Waals surface area contributed by atoms with Gasteiger partial charge in [0.25, 0.3) is 0 Å². The fourth-order valence-corrected chi connectivity index (χ4v) is 1.34. The first-order valence-electron chi connectivity index (χ1n) is 5.54. The number of nitrogens with two attached hydrogens (primary N) is 1. The second-order valence-electron chi connectivity index (χ2n) is 3.74. The van der Waals surface area contributed by atoms with Crippen LogP contribution in [0.3, 0.4) is 0 Å². The average Bonchev–Trinajstić information content (AvgIpc) is 2.27. The minimum atomic E-state index is 0.343. The molecule has 1 aromatic rings. The van der Waals surface area contributed by atoms with Crippen LogP contribution in [0.2, 0.25) is 0 Å². The highest BCUT2D eigenvalue weighted by Gasteiger charge is 1.92. The molecule has 0 heterocycles. The van der Waals surface area contributed by atoms with Crippen LogP contribution in [0.15, 0.2) is 41.8 Å². The van der Waals surface area contributed by atoms with Crippen LogP contribution in [0.25, 0.3) is 0 Å². The van der Waals surface area contributed by atoms with Gasteiger partial charge >= 0.3 is 0 Å². The Morgan fingerprint density at radius 1 is 1.44 bits per heavy atom. The van der Waals surface area contributed by atoms with Gasteiger partial charge in [-0.15, -0.1) is 0 Å². The minimum absolute atomic E-state index is 0.343. The van der Waals surface area contributed by atoms with Gasteiger partial charge in [0.15, 0.2) is 0 Å². The summed E-state index contributed by atoms with van der Waals surface area (Å²) in [6, 6.07) is 8.37. The highest BCUT2D eigenvalue weighted by Crippen LogP contribution is 2.06. The molecule has 0 saturated carbocycles. The van der Waals surface area contributed by atoms with Gasteiger partial charge in [0.2, 0.25) is 0 Å². The smallest absolute Gasteiger partial charge is 0.109 e. The number of unbranched alkanes of at least 4 members (excludes halogenated alkanes) is 1. The fraction of sp³-hybridized carbons (Fsp3) is 0.308. The standard InChI is InChI=1S/C13H19N3/c1-3-4-5-12-6-8-13(9-7-12)10-15-16-11(2)14/h6-10,16H,2-5,14H2,1H3/b15-10+. The molecule has 1 rings (SSSR count). The summed E-state index contributed by atoms with van der Waals surface area (Å²) in [6.07, 6.45) is 5.33. The predicted octanol–water partition coefficient (Wildman–Crippen LogP) is 2.38. The molecule has 0 bridgehead atoms. The zero-order chi connectivity index (χ0) is 11.8. The van der Waals surface area contributed by atoms with Crippen LogP contribution in [0.5, 0.6) is 0 Å². The number of benzene rings is 1. The molecule has 3 N–H and O–H groups in total. The van der Waals surface area contributed by atoms with Gasteiger partial charge in [-0.25, -0.2) is 0 Å². The Balaban J connectivity index is 2.50. The summed E-state index contributed by atoms with van der Waals surface area (Å²) < 4.78 is 0. The second-order valence-corrected chi connectivity index (χ2v) is 3.74. The van der Waals surface area contributed by atoms with E-state index in [1.807, 2.05) is 0 Å². The molecule has 16 heavy (non-hydrogen) atoms. The molecule has 3 heteroatoms. The molecule has 0 unspecified atom stereocenters. The largest absolute Gasteiger partial charge is 0.385 e. The lowest BCUT2D eigenvalue weighted by molar-refractivity contribution is 0.795. The summed E-state index contributed by atoms with van der Waals surface area (Å²) in [4.78, 5) is 0. The molecule has 0 radical (unpaired) electrons. The molecular weight excluding hydrogens is 198 g/mol.